The van der Waals surface area contributed by atoms with Crippen LogP contribution >= 0.6 is 0 Å². The third-order valence-electron chi connectivity index (χ3n) is 5.59. The average Bonchev–Trinajstić information content (AvgIpc) is 3.43. The molecule has 0 aromatic carbocycles. The van der Waals surface area contributed by atoms with E-state index in [1.165, 1.54) is 25.7 Å². The molecular weight excluding hydrogens is 314 g/mol. The highest BCUT2D eigenvalue weighted by Crippen LogP contribution is 2.38. The Morgan fingerprint density at radius 1 is 1.16 bits per heavy atom. The summed E-state index contributed by atoms with van der Waals surface area (Å²) in [6.45, 7) is 2.59. The Kier molecular flexibility index (Phi) is 3.57. The monoisotopic (exact) mass is 337 g/mol. The molecule has 0 amide bonds. The molecule has 2 fully saturated rings. The van der Waals surface area contributed by atoms with Gasteiger partial charge in [0.1, 0.15) is 11.6 Å². The van der Waals surface area contributed by atoms with Crippen molar-refractivity contribution in [1.82, 2.24) is 19.7 Å². The third-order valence-corrected chi connectivity index (χ3v) is 5.59. The summed E-state index contributed by atoms with van der Waals surface area (Å²) in [5.74, 6) is 3.06. The number of aryl methyl sites for hydroxylation is 2. The second-order valence-corrected chi connectivity index (χ2v) is 7.66. The van der Waals surface area contributed by atoms with Gasteiger partial charge >= 0.3 is 0 Å². The van der Waals surface area contributed by atoms with Gasteiger partial charge in [0.2, 0.25) is 0 Å². The van der Waals surface area contributed by atoms with E-state index in [1.807, 2.05) is 18.3 Å². The molecule has 6 nitrogen and oxygen atoms in total. The molecule has 1 aliphatic heterocycles. The summed E-state index contributed by atoms with van der Waals surface area (Å²) in [5.41, 5.74) is 2.35. The van der Waals surface area contributed by atoms with Crippen LogP contribution in [0.4, 0.5) is 5.82 Å². The molecule has 0 bridgehead atoms. The number of fused-ring (bicyclic) bond motifs is 1. The molecule has 3 heterocycles. The van der Waals surface area contributed by atoms with Crippen LogP contribution in [-0.2, 0) is 19.4 Å². The molecule has 6 heteroatoms. The first-order valence-corrected chi connectivity index (χ1v) is 9.44. The Balaban J connectivity index is 1.25. The van der Waals surface area contributed by atoms with Crippen molar-refractivity contribution in [3.63, 3.8) is 0 Å². The maximum atomic E-state index is 12.3. The first-order valence-electron chi connectivity index (χ1n) is 9.44. The molecule has 0 N–H and O–H groups in total. The molecule has 2 aromatic heterocycles. The quantitative estimate of drug-likeness (QED) is 0.853. The van der Waals surface area contributed by atoms with Crippen LogP contribution in [-0.4, -0.2) is 32.8 Å². The molecule has 1 saturated carbocycles. The Hall–Kier alpha value is -2.24. The molecule has 1 saturated heterocycles. The number of nitrogens with zero attached hydrogens (tertiary/aromatic N) is 5. The minimum absolute atomic E-state index is 0.0529. The highest BCUT2D eigenvalue weighted by Gasteiger charge is 2.31. The van der Waals surface area contributed by atoms with Crippen molar-refractivity contribution in [2.45, 2.75) is 51.0 Å². The van der Waals surface area contributed by atoms with Gasteiger partial charge in [-0.15, -0.1) is 0 Å². The summed E-state index contributed by atoms with van der Waals surface area (Å²) in [6, 6.07) is 3.80. The molecule has 5 rings (SSSR count). The van der Waals surface area contributed by atoms with Crippen molar-refractivity contribution >= 4 is 5.82 Å². The van der Waals surface area contributed by atoms with E-state index in [4.69, 9.17) is 4.98 Å². The first-order chi connectivity index (χ1) is 12.3. The van der Waals surface area contributed by atoms with Gasteiger partial charge < -0.3 is 4.90 Å². The van der Waals surface area contributed by atoms with E-state index in [2.05, 4.69) is 15.0 Å². The number of hydrogen-bond donors (Lipinski definition) is 0. The van der Waals surface area contributed by atoms with E-state index in [0.717, 1.165) is 48.8 Å². The molecule has 0 unspecified atom stereocenters. The van der Waals surface area contributed by atoms with Crippen molar-refractivity contribution in [3.05, 3.63) is 45.8 Å². The van der Waals surface area contributed by atoms with Crippen LogP contribution in [0.3, 0.4) is 0 Å². The molecule has 0 atom stereocenters. The van der Waals surface area contributed by atoms with Crippen LogP contribution in [0.25, 0.3) is 0 Å². The molecular formula is C19H23N5O. The largest absolute Gasteiger partial charge is 0.356 e. The molecule has 25 heavy (non-hydrogen) atoms. The Morgan fingerprint density at radius 3 is 2.84 bits per heavy atom. The van der Waals surface area contributed by atoms with Crippen LogP contribution in [0.1, 0.15) is 48.7 Å². The summed E-state index contributed by atoms with van der Waals surface area (Å²) in [5, 5.41) is 4.64. The summed E-state index contributed by atoms with van der Waals surface area (Å²) in [4.78, 5) is 23.7. The average molecular weight is 337 g/mol. The van der Waals surface area contributed by atoms with Gasteiger partial charge in [-0.05, 0) is 50.2 Å². The van der Waals surface area contributed by atoms with Gasteiger partial charge in [-0.1, -0.05) is 0 Å². The van der Waals surface area contributed by atoms with Crippen molar-refractivity contribution in [2.75, 3.05) is 18.0 Å². The zero-order chi connectivity index (χ0) is 16.8. The third kappa shape index (κ3) is 2.94. The van der Waals surface area contributed by atoms with Gasteiger partial charge in [-0.25, -0.2) is 14.6 Å². The highest BCUT2D eigenvalue weighted by atomic mass is 16.1. The fourth-order valence-corrected chi connectivity index (χ4v) is 3.93. The maximum absolute atomic E-state index is 12.3. The maximum Gasteiger partial charge on any atom is 0.267 e. The van der Waals surface area contributed by atoms with Crippen LogP contribution < -0.4 is 10.5 Å². The first kappa shape index (κ1) is 15.0. The van der Waals surface area contributed by atoms with Gasteiger partial charge in [0.15, 0.2) is 0 Å². The Labute approximate surface area is 146 Å². The number of aromatic nitrogens is 4. The lowest BCUT2D eigenvalue weighted by atomic mass is 9.96. The van der Waals surface area contributed by atoms with Gasteiger partial charge in [-0.3, -0.25) is 4.79 Å². The van der Waals surface area contributed by atoms with Crippen molar-refractivity contribution < 1.29 is 0 Å². The van der Waals surface area contributed by atoms with E-state index in [9.17, 15) is 4.79 Å². The van der Waals surface area contributed by atoms with Crippen LogP contribution in [0.2, 0.25) is 0 Å². The molecule has 2 aromatic rings. The van der Waals surface area contributed by atoms with Crippen molar-refractivity contribution in [1.29, 1.82) is 0 Å². The standard InChI is InChI=1S/C19H23N5O/c25-18-9-15-3-1-2-4-16(15)22-24(18)12-13-10-23(11-13)17-7-8-20-19(21-17)14-5-6-14/h7-9,13-14H,1-6,10-12H2. The normalized spacial score (nSPS) is 20.2. The summed E-state index contributed by atoms with van der Waals surface area (Å²) < 4.78 is 1.68. The molecule has 130 valence electrons. The van der Waals surface area contributed by atoms with E-state index < -0.39 is 0 Å². The van der Waals surface area contributed by atoms with E-state index in [-0.39, 0.29) is 5.56 Å². The minimum Gasteiger partial charge on any atom is -0.356 e. The minimum atomic E-state index is 0.0529. The zero-order valence-electron chi connectivity index (χ0n) is 14.4. The van der Waals surface area contributed by atoms with Crippen LogP contribution in [0, 0.1) is 5.92 Å². The summed E-state index contributed by atoms with van der Waals surface area (Å²) in [7, 11) is 0. The molecule has 0 radical (unpaired) electrons. The van der Waals surface area contributed by atoms with Crippen LogP contribution in [0.5, 0.6) is 0 Å². The number of hydrogen-bond acceptors (Lipinski definition) is 5. The molecule has 0 spiro atoms. The van der Waals surface area contributed by atoms with E-state index in [0.29, 0.717) is 18.4 Å². The lowest BCUT2D eigenvalue weighted by Gasteiger charge is -2.40. The summed E-state index contributed by atoms with van der Waals surface area (Å²) in [6.07, 6.45) is 8.70. The van der Waals surface area contributed by atoms with Crippen LogP contribution in [0.15, 0.2) is 23.1 Å². The Bertz CT molecular complexity index is 851. The predicted molar refractivity (Wildman–Crippen MR) is 94.8 cm³/mol. The Morgan fingerprint density at radius 2 is 2.00 bits per heavy atom. The van der Waals surface area contributed by atoms with Gasteiger partial charge in [-0.2, -0.15) is 5.10 Å². The SMILES string of the molecule is O=c1cc2c(nn1CC1CN(c3ccnc(C4CC4)n3)C1)CCCC2. The van der Waals surface area contributed by atoms with E-state index in [1.54, 1.807) is 4.68 Å². The fraction of sp³-hybridized carbons (Fsp3) is 0.579. The topological polar surface area (TPSA) is 63.9 Å². The number of anilines is 1. The summed E-state index contributed by atoms with van der Waals surface area (Å²) >= 11 is 0. The fourth-order valence-electron chi connectivity index (χ4n) is 3.93. The lowest BCUT2D eigenvalue weighted by Crippen LogP contribution is -2.50. The lowest BCUT2D eigenvalue weighted by molar-refractivity contribution is 0.329. The van der Waals surface area contributed by atoms with Gasteiger partial charge in [0, 0.05) is 37.2 Å². The second kappa shape index (κ2) is 5.93. The second-order valence-electron chi connectivity index (χ2n) is 7.66. The smallest absolute Gasteiger partial charge is 0.267 e. The van der Waals surface area contributed by atoms with Gasteiger partial charge in [0.25, 0.3) is 5.56 Å². The predicted octanol–water partition coefficient (Wildman–Crippen LogP) is 1.93. The van der Waals surface area contributed by atoms with Gasteiger partial charge in [0.05, 0.1) is 12.2 Å². The van der Waals surface area contributed by atoms with Crippen molar-refractivity contribution in [3.8, 4) is 0 Å². The molecule has 3 aliphatic rings. The van der Waals surface area contributed by atoms with E-state index >= 15 is 0 Å². The highest BCUT2D eigenvalue weighted by molar-refractivity contribution is 5.41. The zero-order valence-corrected chi connectivity index (χ0v) is 14.4. The number of rotatable bonds is 4. The van der Waals surface area contributed by atoms with Crippen molar-refractivity contribution in [2.24, 2.45) is 5.92 Å². The molecule has 2 aliphatic carbocycles.